The minimum atomic E-state index is -0.514. The summed E-state index contributed by atoms with van der Waals surface area (Å²) in [7, 11) is 0. The van der Waals surface area contributed by atoms with Crippen molar-refractivity contribution in [3.05, 3.63) is 23.3 Å². The molecule has 0 aromatic heterocycles. The average molecular weight is 362 g/mol. The summed E-state index contributed by atoms with van der Waals surface area (Å²) in [6.45, 7) is 7.56. The lowest BCUT2D eigenvalue weighted by Gasteiger charge is -2.32. The summed E-state index contributed by atoms with van der Waals surface area (Å²) in [6.07, 6.45) is 5.68. The molecule has 0 fully saturated rings. The molecule has 6 heteroatoms. The zero-order valence-electron chi connectivity index (χ0n) is 16.2. The van der Waals surface area contributed by atoms with Crippen LogP contribution in [0.2, 0.25) is 0 Å². The van der Waals surface area contributed by atoms with Crippen molar-refractivity contribution in [2.45, 2.75) is 66.2 Å². The minimum Gasteiger partial charge on any atom is -0.370 e. The van der Waals surface area contributed by atoms with Gasteiger partial charge in [0.25, 0.3) is 0 Å². The highest BCUT2D eigenvalue weighted by molar-refractivity contribution is 6.20. The van der Waals surface area contributed by atoms with E-state index in [1.54, 1.807) is 0 Å². The Kier molecular flexibility index (Phi) is 7.07. The highest BCUT2D eigenvalue weighted by Crippen LogP contribution is 2.40. The molecule has 1 rings (SSSR count). The van der Waals surface area contributed by atoms with Gasteiger partial charge in [-0.3, -0.25) is 19.2 Å². The molecule has 26 heavy (non-hydrogen) atoms. The summed E-state index contributed by atoms with van der Waals surface area (Å²) in [4.78, 5) is 47.1. The lowest BCUT2D eigenvalue weighted by molar-refractivity contribution is -0.119. The molecule has 0 aromatic rings. The van der Waals surface area contributed by atoms with E-state index in [2.05, 4.69) is 0 Å². The van der Waals surface area contributed by atoms with Crippen molar-refractivity contribution >= 4 is 23.4 Å². The number of carbonyl (C=O) groups is 4. The van der Waals surface area contributed by atoms with Gasteiger partial charge in [-0.05, 0) is 48.7 Å². The number of rotatable bonds is 10. The summed E-state index contributed by atoms with van der Waals surface area (Å²) in [6, 6.07) is 0. The molecule has 0 atom stereocenters. The molecule has 6 nitrogen and oxygen atoms in total. The van der Waals surface area contributed by atoms with E-state index in [9.17, 15) is 19.2 Å². The number of ketones is 2. The highest BCUT2D eigenvalue weighted by Gasteiger charge is 2.36. The van der Waals surface area contributed by atoms with E-state index in [-0.39, 0.29) is 36.2 Å². The Balaban J connectivity index is 2.89. The molecule has 1 aliphatic carbocycles. The fourth-order valence-corrected chi connectivity index (χ4v) is 3.30. The highest BCUT2D eigenvalue weighted by atomic mass is 16.1. The van der Waals surface area contributed by atoms with Gasteiger partial charge in [-0.15, -0.1) is 0 Å². The largest absolute Gasteiger partial charge is 0.370 e. The number of hydrogen-bond donors (Lipinski definition) is 2. The van der Waals surface area contributed by atoms with Crippen LogP contribution < -0.4 is 11.5 Å². The normalized spacial score (nSPS) is 15.5. The zero-order valence-corrected chi connectivity index (χ0v) is 16.2. The first-order chi connectivity index (χ1) is 11.9. The van der Waals surface area contributed by atoms with E-state index in [0.717, 1.165) is 0 Å². The van der Waals surface area contributed by atoms with E-state index in [0.29, 0.717) is 36.8 Å². The Labute approximate surface area is 155 Å². The SMILES string of the molecule is CC(C)(CCCC(N)=O)C1=CC(=O)C(C(C)(C)CCCC(N)=O)=CC1=O. The predicted molar refractivity (Wildman–Crippen MR) is 99.8 cm³/mol. The van der Waals surface area contributed by atoms with Crippen LogP contribution in [0.1, 0.15) is 66.2 Å². The molecule has 0 radical (unpaired) electrons. The molecule has 0 aromatic carbocycles. The Morgan fingerprint density at radius 2 is 1.08 bits per heavy atom. The third-order valence-electron chi connectivity index (χ3n) is 4.99. The Morgan fingerprint density at radius 3 is 1.35 bits per heavy atom. The fraction of sp³-hybridized carbons (Fsp3) is 0.600. The molecule has 0 saturated carbocycles. The Hall–Kier alpha value is -2.24. The monoisotopic (exact) mass is 362 g/mol. The van der Waals surface area contributed by atoms with E-state index in [1.807, 2.05) is 27.7 Å². The van der Waals surface area contributed by atoms with Crippen LogP contribution in [0.5, 0.6) is 0 Å². The number of primary amides is 2. The van der Waals surface area contributed by atoms with Gasteiger partial charge in [-0.1, -0.05) is 27.7 Å². The first kappa shape index (κ1) is 21.8. The summed E-state index contributed by atoms with van der Waals surface area (Å²) in [5, 5.41) is 0. The maximum absolute atomic E-state index is 12.7. The molecule has 0 heterocycles. The lowest BCUT2D eigenvalue weighted by atomic mass is 9.70. The number of allylic oxidation sites excluding steroid dienone is 4. The van der Waals surface area contributed by atoms with E-state index in [4.69, 9.17) is 11.5 Å². The van der Waals surface area contributed by atoms with Crippen molar-refractivity contribution in [3.8, 4) is 0 Å². The quantitative estimate of drug-likeness (QED) is 0.579. The molecule has 0 aliphatic heterocycles. The summed E-state index contributed by atoms with van der Waals surface area (Å²) in [5.74, 6) is -1.10. The van der Waals surface area contributed by atoms with Gasteiger partial charge in [0.1, 0.15) is 0 Å². The van der Waals surface area contributed by atoms with E-state index < -0.39 is 10.8 Å². The topological polar surface area (TPSA) is 120 Å². The van der Waals surface area contributed by atoms with Gasteiger partial charge in [0.2, 0.25) is 11.8 Å². The standard InChI is InChI=1S/C20H30N2O4/c1-19(2,9-5-7-17(21)25)13-11-16(24)14(12-15(13)23)20(3,4)10-6-8-18(22)26/h11-12H,5-10H2,1-4H3,(H2,21,25)(H2,22,26). The number of amides is 2. The first-order valence-corrected chi connectivity index (χ1v) is 8.96. The zero-order chi connectivity index (χ0) is 20.1. The summed E-state index contributed by atoms with van der Waals surface area (Å²) in [5.41, 5.74) is 10.2. The van der Waals surface area contributed by atoms with Crippen molar-refractivity contribution in [1.29, 1.82) is 0 Å². The average Bonchev–Trinajstić information content (AvgIpc) is 2.47. The lowest BCUT2D eigenvalue weighted by Crippen LogP contribution is -2.30. The van der Waals surface area contributed by atoms with Crippen molar-refractivity contribution in [1.82, 2.24) is 0 Å². The molecule has 2 amide bonds. The summed E-state index contributed by atoms with van der Waals surface area (Å²) >= 11 is 0. The maximum atomic E-state index is 12.7. The second-order valence-corrected chi connectivity index (χ2v) is 8.25. The van der Waals surface area contributed by atoms with Gasteiger partial charge in [0.15, 0.2) is 11.6 Å². The van der Waals surface area contributed by atoms with Gasteiger partial charge in [0, 0.05) is 24.0 Å². The molecule has 1 aliphatic rings. The van der Waals surface area contributed by atoms with Crippen LogP contribution in [0.25, 0.3) is 0 Å². The minimum absolute atomic E-state index is 0.174. The van der Waals surface area contributed by atoms with Crippen LogP contribution >= 0.6 is 0 Å². The van der Waals surface area contributed by atoms with Gasteiger partial charge >= 0.3 is 0 Å². The number of nitrogens with two attached hydrogens (primary N) is 2. The van der Waals surface area contributed by atoms with Gasteiger partial charge in [0.05, 0.1) is 0 Å². The number of carbonyl (C=O) groups excluding carboxylic acids is 4. The Morgan fingerprint density at radius 1 is 0.769 bits per heavy atom. The second kappa shape index (κ2) is 8.43. The molecule has 0 bridgehead atoms. The van der Waals surface area contributed by atoms with Gasteiger partial charge in [-0.2, -0.15) is 0 Å². The smallest absolute Gasteiger partial charge is 0.217 e. The Bertz CT molecular complexity index is 611. The summed E-state index contributed by atoms with van der Waals surface area (Å²) < 4.78 is 0. The second-order valence-electron chi connectivity index (χ2n) is 8.25. The van der Waals surface area contributed by atoms with Crippen molar-refractivity contribution in [2.24, 2.45) is 22.3 Å². The maximum Gasteiger partial charge on any atom is 0.217 e. The van der Waals surface area contributed by atoms with Crippen LogP contribution in [0.4, 0.5) is 0 Å². The van der Waals surface area contributed by atoms with E-state index in [1.165, 1.54) is 12.2 Å². The van der Waals surface area contributed by atoms with Crippen molar-refractivity contribution < 1.29 is 19.2 Å². The first-order valence-electron chi connectivity index (χ1n) is 8.96. The molecule has 0 unspecified atom stereocenters. The third-order valence-corrected chi connectivity index (χ3v) is 4.99. The molecular formula is C20H30N2O4. The van der Waals surface area contributed by atoms with Crippen LogP contribution in [-0.4, -0.2) is 23.4 Å². The number of hydrogen-bond acceptors (Lipinski definition) is 4. The van der Waals surface area contributed by atoms with Crippen molar-refractivity contribution in [3.63, 3.8) is 0 Å². The van der Waals surface area contributed by atoms with E-state index >= 15 is 0 Å². The third kappa shape index (κ3) is 5.93. The molecular weight excluding hydrogens is 332 g/mol. The van der Waals surface area contributed by atoms with Crippen LogP contribution in [0.15, 0.2) is 23.3 Å². The van der Waals surface area contributed by atoms with Crippen LogP contribution in [0.3, 0.4) is 0 Å². The van der Waals surface area contributed by atoms with Crippen LogP contribution in [-0.2, 0) is 19.2 Å². The van der Waals surface area contributed by atoms with Crippen LogP contribution in [0, 0.1) is 10.8 Å². The molecule has 144 valence electrons. The van der Waals surface area contributed by atoms with Gasteiger partial charge < -0.3 is 11.5 Å². The molecule has 0 spiro atoms. The molecule has 4 N–H and O–H groups in total. The van der Waals surface area contributed by atoms with Gasteiger partial charge in [-0.25, -0.2) is 0 Å². The van der Waals surface area contributed by atoms with Crippen molar-refractivity contribution in [2.75, 3.05) is 0 Å². The molecule has 0 saturated heterocycles. The predicted octanol–water partition coefficient (Wildman–Crippen LogP) is 2.35. The fourth-order valence-electron chi connectivity index (χ4n) is 3.30.